The molecule has 4 heterocycles. The molecule has 0 saturated carbocycles. The number of anilines is 3. The summed E-state index contributed by atoms with van der Waals surface area (Å²) >= 11 is 0. The molecule has 0 aliphatic rings. The number of amides is 3. The summed E-state index contributed by atoms with van der Waals surface area (Å²) in [6, 6.07) is 28.1. The molecule has 0 unspecified atom stereocenters. The van der Waals surface area contributed by atoms with Crippen molar-refractivity contribution in [3.63, 3.8) is 0 Å². The number of fused-ring (bicyclic) bond motifs is 5. The molecule has 0 spiro atoms. The van der Waals surface area contributed by atoms with Gasteiger partial charge in [-0.3, -0.25) is 19.4 Å². The minimum Gasteiger partial charge on any atom is -0.384 e. The van der Waals surface area contributed by atoms with E-state index in [1.807, 2.05) is 90.6 Å². The van der Waals surface area contributed by atoms with Gasteiger partial charge in [-0.2, -0.15) is 0 Å². The summed E-state index contributed by atoms with van der Waals surface area (Å²) in [6.45, 7) is 1.12. The highest BCUT2D eigenvalue weighted by molar-refractivity contribution is 6.13. The first-order chi connectivity index (χ1) is 25.9. The monoisotopic (exact) mass is 701 g/mol. The summed E-state index contributed by atoms with van der Waals surface area (Å²) in [5.74, 6) is 1.65. The van der Waals surface area contributed by atoms with Crippen molar-refractivity contribution in [3.8, 4) is 12.3 Å². The van der Waals surface area contributed by atoms with Crippen molar-refractivity contribution in [1.82, 2.24) is 20.3 Å². The molecule has 4 N–H and O–H groups in total. The van der Waals surface area contributed by atoms with Gasteiger partial charge in [0.15, 0.2) is 6.20 Å². The Bertz CT molecular complexity index is 2580. The lowest BCUT2D eigenvalue weighted by Gasteiger charge is -2.14. The summed E-state index contributed by atoms with van der Waals surface area (Å²) < 4.78 is 2.02. The van der Waals surface area contributed by atoms with Crippen LogP contribution in [0.1, 0.15) is 46.7 Å². The first-order valence-corrected chi connectivity index (χ1v) is 17.4. The van der Waals surface area contributed by atoms with Gasteiger partial charge in [-0.1, -0.05) is 18.2 Å². The third-order valence-electron chi connectivity index (χ3n) is 8.95. The van der Waals surface area contributed by atoms with Gasteiger partial charge in [0.1, 0.15) is 18.4 Å². The topological polar surface area (TPSA) is 142 Å². The lowest BCUT2D eigenvalue weighted by atomic mass is 10.1. The smallest absolute Gasteiger partial charge is 0.274 e. The van der Waals surface area contributed by atoms with Crippen molar-refractivity contribution in [1.29, 1.82) is 0 Å². The number of rotatable bonds is 12. The van der Waals surface area contributed by atoms with Crippen molar-refractivity contribution in [3.05, 3.63) is 115 Å². The highest BCUT2D eigenvalue weighted by atomic mass is 16.2. The number of carbonyl (C=O) groups excluding carboxylic acids is 3. The number of nitrogens with one attached hydrogen (secondary N) is 4. The molecule has 4 aromatic heterocycles. The molecule has 11 heteroatoms. The Kier molecular flexibility index (Phi) is 10.1. The van der Waals surface area contributed by atoms with Crippen LogP contribution in [0.4, 0.5) is 17.1 Å². The van der Waals surface area contributed by atoms with E-state index in [-0.39, 0.29) is 23.2 Å². The summed E-state index contributed by atoms with van der Waals surface area (Å²) in [5, 5.41) is 15.7. The highest BCUT2D eigenvalue weighted by Crippen LogP contribution is 2.30. The van der Waals surface area contributed by atoms with Gasteiger partial charge in [-0.25, -0.2) is 14.5 Å². The third-order valence-corrected chi connectivity index (χ3v) is 8.95. The van der Waals surface area contributed by atoms with Crippen molar-refractivity contribution in [2.45, 2.75) is 25.7 Å². The fourth-order valence-corrected chi connectivity index (χ4v) is 6.22. The minimum absolute atomic E-state index is 0.0618. The third kappa shape index (κ3) is 7.87. The summed E-state index contributed by atoms with van der Waals surface area (Å²) in [5.41, 5.74) is 5.17. The summed E-state index contributed by atoms with van der Waals surface area (Å²) in [6.07, 6.45) is 11.2. The number of hydrogen-bond donors (Lipinski definition) is 4. The van der Waals surface area contributed by atoms with Crippen LogP contribution in [0.2, 0.25) is 0 Å². The number of benzene rings is 3. The number of aryl methyl sites for hydroxylation is 1. The molecular formula is C42H37N8O3+. The fourth-order valence-electron chi connectivity index (χ4n) is 6.22. The quantitative estimate of drug-likeness (QED) is 0.0491. The molecule has 0 aliphatic carbocycles. The Hall–Kier alpha value is -6.93. The summed E-state index contributed by atoms with van der Waals surface area (Å²) in [4.78, 5) is 53.2. The molecular weight excluding hydrogens is 665 g/mol. The molecule has 3 aromatic carbocycles. The van der Waals surface area contributed by atoms with E-state index in [9.17, 15) is 14.4 Å². The molecule has 0 fully saturated rings. The predicted octanol–water partition coefficient (Wildman–Crippen LogP) is 6.54. The van der Waals surface area contributed by atoms with E-state index in [2.05, 4.69) is 32.2 Å². The van der Waals surface area contributed by atoms with Crippen LogP contribution >= 0.6 is 0 Å². The maximum Gasteiger partial charge on any atom is 0.274 e. The van der Waals surface area contributed by atoms with E-state index in [1.54, 1.807) is 24.4 Å². The molecule has 0 aliphatic heterocycles. The summed E-state index contributed by atoms with van der Waals surface area (Å²) in [7, 11) is 1.97. The Morgan fingerprint density at radius 1 is 0.755 bits per heavy atom. The van der Waals surface area contributed by atoms with Gasteiger partial charge in [0.05, 0.1) is 16.6 Å². The van der Waals surface area contributed by atoms with Crippen LogP contribution in [-0.2, 0) is 11.8 Å². The second-order valence-corrected chi connectivity index (χ2v) is 12.7. The Labute approximate surface area is 305 Å². The minimum atomic E-state index is -0.400. The van der Waals surface area contributed by atoms with E-state index in [0.717, 1.165) is 45.4 Å². The van der Waals surface area contributed by atoms with Crippen LogP contribution in [0.5, 0.6) is 0 Å². The molecule has 0 atom stereocenters. The average Bonchev–Trinajstić information content (AvgIpc) is 3.17. The zero-order valence-corrected chi connectivity index (χ0v) is 29.1. The predicted molar refractivity (Wildman–Crippen MR) is 209 cm³/mol. The van der Waals surface area contributed by atoms with Gasteiger partial charge >= 0.3 is 0 Å². The first kappa shape index (κ1) is 34.5. The van der Waals surface area contributed by atoms with E-state index in [0.29, 0.717) is 54.0 Å². The molecule has 0 saturated heterocycles. The van der Waals surface area contributed by atoms with Crippen LogP contribution < -0.4 is 25.8 Å². The van der Waals surface area contributed by atoms with Crippen LogP contribution in [0.15, 0.2) is 103 Å². The van der Waals surface area contributed by atoms with Crippen molar-refractivity contribution in [2.75, 3.05) is 29.0 Å². The maximum absolute atomic E-state index is 13.8. The molecule has 262 valence electrons. The van der Waals surface area contributed by atoms with Crippen molar-refractivity contribution in [2.24, 2.45) is 7.05 Å². The zero-order valence-electron chi connectivity index (χ0n) is 29.1. The number of aromatic nitrogens is 4. The largest absolute Gasteiger partial charge is 0.384 e. The molecule has 0 radical (unpaired) electrons. The number of unbranched alkanes of at least 4 members (excludes halogenated alkanes) is 1. The number of hydrogen-bond acceptors (Lipinski definition) is 7. The number of carbonyl (C=O) groups is 3. The van der Waals surface area contributed by atoms with Gasteiger partial charge in [0.2, 0.25) is 11.4 Å². The maximum atomic E-state index is 13.8. The van der Waals surface area contributed by atoms with Gasteiger partial charge in [0, 0.05) is 82.9 Å². The standard InChI is InChI=1S/C42H36N8O3/c1-3-4-11-38(51)45-21-6-5-20-44-35-26-36(42(53)47-30-14-18-33-28(24-30)9-7-22-43-33)49-40-32(35)16-12-27-13-17-34(48-39(27)40)41(52)46-31-15-19-37-29(25-31)10-8-23-50(37)2/h1,7-10,12-19,22-26H,4-6,11,20-21H2,2H3,(H3-,44,45,46,47,49,51,52,53)/p+1. The van der Waals surface area contributed by atoms with Crippen LogP contribution in [0, 0.1) is 12.3 Å². The zero-order chi connectivity index (χ0) is 36.7. The second-order valence-electron chi connectivity index (χ2n) is 12.7. The Balaban J connectivity index is 1.18. The lowest BCUT2D eigenvalue weighted by molar-refractivity contribution is -0.644. The van der Waals surface area contributed by atoms with E-state index >= 15 is 0 Å². The fraction of sp³-hybridized carbons (Fsp3) is 0.167. The van der Waals surface area contributed by atoms with E-state index in [4.69, 9.17) is 16.4 Å². The van der Waals surface area contributed by atoms with Gasteiger partial charge in [-0.05, 0) is 73.5 Å². The van der Waals surface area contributed by atoms with Crippen molar-refractivity contribution < 1.29 is 19.0 Å². The van der Waals surface area contributed by atoms with Crippen LogP contribution in [-0.4, -0.2) is 45.8 Å². The molecule has 53 heavy (non-hydrogen) atoms. The van der Waals surface area contributed by atoms with Crippen LogP contribution in [0.25, 0.3) is 43.6 Å². The highest BCUT2D eigenvalue weighted by Gasteiger charge is 2.18. The normalized spacial score (nSPS) is 11.0. The van der Waals surface area contributed by atoms with Gasteiger partial charge in [0.25, 0.3) is 11.8 Å². The molecule has 7 aromatic rings. The SMILES string of the molecule is C#CCCC(=O)NCCCCNc1cc(C(=O)Nc2ccc3ncccc3c2)nc2c1ccc1ccc(C(=O)Nc3ccc4c(ccc[n+]4C)c3)nc12. The van der Waals surface area contributed by atoms with Crippen molar-refractivity contribution >= 4 is 78.4 Å². The van der Waals surface area contributed by atoms with E-state index < -0.39 is 5.91 Å². The number of terminal acetylenes is 1. The first-order valence-electron chi connectivity index (χ1n) is 17.4. The van der Waals surface area contributed by atoms with Crippen LogP contribution in [0.3, 0.4) is 0 Å². The lowest BCUT2D eigenvalue weighted by Crippen LogP contribution is -2.27. The number of pyridine rings is 4. The second kappa shape index (κ2) is 15.5. The number of nitrogens with zero attached hydrogens (tertiary/aromatic N) is 4. The Morgan fingerprint density at radius 2 is 1.49 bits per heavy atom. The molecule has 7 rings (SSSR count). The molecule has 11 nitrogen and oxygen atoms in total. The van der Waals surface area contributed by atoms with Gasteiger partial charge in [-0.15, -0.1) is 12.3 Å². The molecule has 3 amide bonds. The average molecular weight is 702 g/mol. The van der Waals surface area contributed by atoms with E-state index in [1.165, 1.54) is 0 Å². The Morgan fingerprint density at radius 3 is 2.34 bits per heavy atom. The van der Waals surface area contributed by atoms with Gasteiger partial charge < -0.3 is 21.3 Å². The molecule has 0 bridgehead atoms.